The highest BCUT2D eigenvalue weighted by Crippen LogP contribution is 2.14. The van der Waals surface area contributed by atoms with E-state index in [9.17, 15) is 4.79 Å². The van der Waals surface area contributed by atoms with E-state index in [4.69, 9.17) is 0 Å². The molecule has 1 aromatic rings. The molecule has 0 bridgehead atoms. The molecule has 0 unspecified atom stereocenters. The van der Waals surface area contributed by atoms with Gasteiger partial charge in [-0.2, -0.15) is 0 Å². The number of carbonyl (C=O) groups excluding carboxylic acids is 1. The second kappa shape index (κ2) is 3.93. The fraction of sp³-hybridized carbons (Fsp3) is 0.417. The third-order valence-corrected chi connectivity index (χ3v) is 2.68. The van der Waals surface area contributed by atoms with Gasteiger partial charge in [-0.05, 0) is 32.0 Å². The van der Waals surface area contributed by atoms with Crippen LogP contribution in [-0.2, 0) is 0 Å². The normalized spacial score (nSPS) is 16.4. The van der Waals surface area contributed by atoms with Gasteiger partial charge in [0.05, 0.1) is 0 Å². The number of aryl methyl sites for hydroxylation is 1. The quantitative estimate of drug-likeness (QED) is 0.734. The van der Waals surface area contributed by atoms with Gasteiger partial charge in [0.2, 0.25) is 0 Å². The summed E-state index contributed by atoms with van der Waals surface area (Å²) in [5.74, 6) is 0.836. The highest BCUT2D eigenvalue weighted by atomic mass is 16.1. The van der Waals surface area contributed by atoms with Crippen molar-refractivity contribution in [2.45, 2.75) is 13.3 Å². The molecule has 0 radical (unpaired) electrons. The number of benzene rings is 1. The van der Waals surface area contributed by atoms with E-state index in [-0.39, 0.29) is 5.78 Å². The molecule has 14 heavy (non-hydrogen) atoms. The van der Waals surface area contributed by atoms with Gasteiger partial charge in [-0.25, -0.2) is 0 Å². The van der Waals surface area contributed by atoms with Gasteiger partial charge in [-0.15, -0.1) is 0 Å². The van der Waals surface area contributed by atoms with Crippen LogP contribution < -0.4 is 5.32 Å². The Hall–Kier alpha value is -1.15. The predicted octanol–water partition coefficient (Wildman–Crippen LogP) is 1.79. The molecule has 1 aliphatic rings. The van der Waals surface area contributed by atoms with Crippen LogP contribution in [0.25, 0.3) is 0 Å². The van der Waals surface area contributed by atoms with Crippen LogP contribution in [0.3, 0.4) is 0 Å². The summed E-state index contributed by atoms with van der Waals surface area (Å²) < 4.78 is 0. The van der Waals surface area contributed by atoms with Crippen LogP contribution in [-0.4, -0.2) is 18.9 Å². The van der Waals surface area contributed by atoms with Crippen LogP contribution in [0.4, 0.5) is 0 Å². The Morgan fingerprint density at radius 3 is 2.86 bits per heavy atom. The van der Waals surface area contributed by atoms with E-state index >= 15 is 0 Å². The second-order valence-electron chi connectivity index (χ2n) is 4.02. The highest BCUT2D eigenvalue weighted by molar-refractivity contribution is 5.96. The lowest BCUT2D eigenvalue weighted by Gasteiger charge is -2.26. The summed E-state index contributed by atoms with van der Waals surface area (Å²) in [6, 6.07) is 7.83. The topological polar surface area (TPSA) is 29.1 Å². The standard InChI is InChI=1S/C12H15NO/c1-9-3-2-4-11(5-9)12(14)6-10-7-13-8-10/h2-5,10,13H,6-8H2,1H3. The van der Waals surface area contributed by atoms with Crippen LogP contribution in [0.2, 0.25) is 0 Å². The van der Waals surface area contributed by atoms with Gasteiger partial charge in [0.15, 0.2) is 5.78 Å². The minimum Gasteiger partial charge on any atom is -0.316 e. The Kier molecular flexibility index (Phi) is 2.64. The minimum atomic E-state index is 0.278. The molecule has 0 amide bonds. The zero-order chi connectivity index (χ0) is 9.97. The molecule has 1 aromatic carbocycles. The molecule has 0 atom stereocenters. The summed E-state index contributed by atoms with van der Waals surface area (Å²) in [7, 11) is 0. The third kappa shape index (κ3) is 2.02. The first-order valence-electron chi connectivity index (χ1n) is 5.06. The van der Waals surface area contributed by atoms with E-state index < -0.39 is 0 Å². The van der Waals surface area contributed by atoms with Crippen LogP contribution in [0, 0.1) is 12.8 Å². The van der Waals surface area contributed by atoms with E-state index in [0.717, 1.165) is 24.2 Å². The number of hydrogen-bond donors (Lipinski definition) is 1. The van der Waals surface area contributed by atoms with Crippen molar-refractivity contribution in [2.75, 3.05) is 13.1 Å². The smallest absolute Gasteiger partial charge is 0.163 e. The summed E-state index contributed by atoms with van der Waals surface area (Å²) in [5.41, 5.74) is 2.01. The van der Waals surface area contributed by atoms with Crippen molar-refractivity contribution >= 4 is 5.78 Å². The number of rotatable bonds is 3. The lowest BCUT2D eigenvalue weighted by Crippen LogP contribution is -2.42. The van der Waals surface area contributed by atoms with Gasteiger partial charge in [0.1, 0.15) is 0 Å². The summed E-state index contributed by atoms with van der Waals surface area (Å²) in [4.78, 5) is 11.8. The lowest BCUT2D eigenvalue weighted by molar-refractivity contribution is 0.0945. The number of hydrogen-bond acceptors (Lipinski definition) is 2. The molecule has 1 fully saturated rings. The summed E-state index contributed by atoms with van der Waals surface area (Å²) >= 11 is 0. The maximum Gasteiger partial charge on any atom is 0.163 e. The van der Waals surface area contributed by atoms with E-state index in [2.05, 4.69) is 5.32 Å². The van der Waals surface area contributed by atoms with Crippen molar-refractivity contribution < 1.29 is 4.79 Å². The number of nitrogens with one attached hydrogen (secondary N) is 1. The van der Waals surface area contributed by atoms with E-state index in [1.54, 1.807) is 0 Å². The van der Waals surface area contributed by atoms with Crippen molar-refractivity contribution in [1.29, 1.82) is 0 Å². The Bertz CT molecular complexity index is 342. The number of Topliss-reactive ketones (excluding diaryl/α,β-unsaturated/α-hetero) is 1. The van der Waals surface area contributed by atoms with E-state index in [1.807, 2.05) is 31.2 Å². The third-order valence-electron chi connectivity index (χ3n) is 2.68. The Labute approximate surface area is 84.3 Å². The van der Waals surface area contributed by atoms with Gasteiger partial charge < -0.3 is 5.32 Å². The van der Waals surface area contributed by atoms with E-state index in [1.165, 1.54) is 0 Å². The summed E-state index contributed by atoms with van der Waals surface area (Å²) in [6.45, 7) is 4.01. The molecule has 0 saturated carbocycles. The van der Waals surface area contributed by atoms with Crippen molar-refractivity contribution in [3.05, 3.63) is 35.4 Å². The van der Waals surface area contributed by atoms with Gasteiger partial charge in [0, 0.05) is 12.0 Å². The molecule has 1 heterocycles. The SMILES string of the molecule is Cc1cccc(C(=O)CC2CNC2)c1. The monoisotopic (exact) mass is 189 g/mol. The fourth-order valence-electron chi connectivity index (χ4n) is 1.69. The molecule has 0 spiro atoms. The zero-order valence-corrected chi connectivity index (χ0v) is 8.42. The first-order valence-corrected chi connectivity index (χ1v) is 5.06. The predicted molar refractivity (Wildman–Crippen MR) is 56.5 cm³/mol. The maximum absolute atomic E-state index is 11.8. The van der Waals surface area contributed by atoms with Crippen LogP contribution in [0.5, 0.6) is 0 Å². The molecule has 2 nitrogen and oxygen atoms in total. The van der Waals surface area contributed by atoms with Crippen LogP contribution in [0.15, 0.2) is 24.3 Å². The van der Waals surface area contributed by atoms with Gasteiger partial charge in [-0.3, -0.25) is 4.79 Å². The van der Waals surface area contributed by atoms with Gasteiger partial charge in [-0.1, -0.05) is 23.8 Å². The maximum atomic E-state index is 11.8. The van der Waals surface area contributed by atoms with Gasteiger partial charge >= 0.3 is 0 Å². The summed E-state index contributed by atoms with van der Waals surface area (Å²) in [6.07, 6.45) is 0.691. The number of carbonyl (C=O) groups is 1. The Balaban J connectivity index is 2.02. The Morgan fingerprint density at radius 2 is 2.29 bits per heavy atom. The van der Waals surface area contributed by atoms with Crippen LogP contribution >= 0.6 is 0 Å². The molecular formula is C12H15NO. The Morgan fingerprint density at radius 1 is 1.50 bits per heavy atom. The highest BCUT2D eigenvalue weighted by Gasteiger charge is 2.20. The summed E-state index contributed by atoms with van der Waals surface area (Å²) in [5, 5.41) is 3.18. The molecule has 74 valence electrons. The minimum absolute atomic E-state index is 0.278. The number of ketones is 1. The molecule has 0 aromatic heterocycles. The molecule has 1 aliphatic heterocycles. The van der Waals surface area contributed by atoms with E-state index in [0.29, 0.717) is 12.3 Å². The average molecular weight is 189 g/mol. The second-order valence-corrected chi connectivity index (χ2v) is 4.02. The average Bonchev–Trinajstić information content (AvgIpc) is 2.11. The fourth-order valence-corrected chi connectivity index (χ4v) is 1.69. The molecule has 0 aliphatic carbocycles. The lowest BCUT2D eigenvalue weighted by atomic mass is 9.93. The van der Waals surface area contributed by atoms with Crippen molar-refractivity contribution in [1.82, 2.24) is 5.32 Å². The first kappa shape index (κ1) is 9.41. The molecule has 2 heteroatoms. The molecule has 1 saturated heterocycles. The van der Waals surface area contributed by atoms with Gasteiger partial charge in [0.25, 0.3) is 0 Å². The molecule has 1 N–H and O–H groups in total. The zero-order valence-electron chi connectivity index (χ0n) is 8.42. The van der Waals surface area contributed by atoms with Crippen molar-refractivity contribution in [2.24, 2.45) is 5.92 Å². The van der Waals surface area contributed by atoms with Crippen molar-refractivity contribution in [3.8, 4) is 0 Å². The largest absolute Gasteiger partial charge is 0.316 e. The van der Waals surface area contributed by atoms with Crippen LogP contribution in [0.1, 0.15) is 22.3 Å². The molecule has 2 rings (SSSR count). The first-order chi connectivity index (χ1) is 6.75. The molecular weight excluding hydrogens is 174 g/mol. The van der Waals surface area contributed by atoms with Crippen molar-refractivity contribution in [3.63, 3.8) is 0 Å².